The number of phenolic OH excluding ortho intramolecular Hbond substituents is 1. The van der Waals surface area contributed by atoms with Crippen molar-refractivity contribution >= 4 is 32.2 Å². The van der Waals surface area contributed by atoms with Gasteiger partial charge in [-0.3, -0.25) is 9.59 Å². The van der Waals surface area contributed by atoms with Crippen LogP contribution in [0.1, 0.15) is 12.6 Å². The number of aromatic hydroxyl groups is 1. The van der Waals surface area contributed by atoms with Crippen LogP contribution in [0, 0.1) is 6.92 Å². The number of aryl methyl sites for hydroxylation is 1. The number of aromatic nitrogens is 2. The number of amides is 1. The van der Waals surface area contributed by atoms with Gasteiger partial charge in [-0.2, -0.15) is 5.10 Å². The van der Waals surface area contributed by atoms with Gasteiger partial charge in [0.1, 0.15) is 12.3 Å². The van der Waals surface area contributed by atoms with Gasteiger partial charge in [-0.1, -0.05) is 25.1 Å². The minimum atomic E-state index is -3.50. The number of nitrogens with one attached hydrogen (secondary N) is 1. The van der Waals surface area contributed by atoms with Crippen LogP contribution in [0.5, 0.6) is 5.75 Å². The van der Waals surface area contributed by atoms with Crippen molar-refractivity contribution in [3.8, 4) is 5.75 Å². The van der Waals surface area contributed by atoms with Gasteiger partial charge in [0, 0.05) is 5.39 Å². The van der Waals surface area contributed by atoms with E-state index in [0.29, 0.717) is 16.5 Å². The minimum absolute atomic E-state index is 0.0139. The molecule has 0 radical (unpaired) electrons. The molecule has 1 aromatic heterocycles. The van der Waals surface area contributed by atoms with E-state index >= 15 is 0 Å². The summed E-state index contributed by atoms with van der Waals surface area (Å²) < 4.78 is 25.0. The minimum Gasteiger partial charge on any atom is -0.506 e. The highest BCUT2D eigenvalue weighted by atomic mass is 32.2. The maximum Gasteiger partial charge on any atom is 0.275 e. The first-order valence-corrected chi connectivity index (χ1v) is 10.2. The van der Waals surface area contributed by atoms with E-state index in [9.17, 15) is 23.1 Å². The van der Waals surface area contributed by atoms with Crippen LogP contribution in [0.25, 0.3) is 10.8 Å². The number of benzene rings is 2. The van der Waals surface area contributed by atoms with Crippen molar-refractivity contribution in [3.05, 3.63) is 58.5 Å². The molecule has 0 aliphatic heterocycles. The topological polar surface area (TPSA) is 118 Å². The van der Waals surface area contributed by atoms with Crippen LogP contribution in [0.4, 0.5) is 5.69 Å². The van der Waals surface area contributed by atoms with Crippen molar-refractivity contribution in [1.82, 2.24) is 9.78 Å². The van der Waals surface area contributed by atoms with Crippen LogP contribution in [0.2, 0.25) is 0 Å². The van der Waals surface area contributed by atoms with E-state index in [2.05, 4.69) is 10.4 Å². The number of rotatable bonds is 5. The first-order chi connectivity index (χ1) is 13.2. The summed E-state index contributed by atoms with van der Waals surface area (Å²) in [5, 5.41) is 17.7. The number of carbonyl (C=O) groups excluding carboxylic acids is 1. The monoisotopic (exact) mass is 401 g/mol. The molecule has 0 bridgehead atoms. The Balaban J connectivity index is 1.90. The molecule has 0 saturated carbocycles. The van der Waals surface area contributed by atoms with Crippen LogP contribution < -0.4 is 10.9 Å². The van der Waals surface area contributed by atoms with Crippen LogP contribution >= 0.6 is 0 Å². The van der Waals surface area contributed by atoms with Crippen LogP contribution in [-0.4, -0.2) is 35.0 Å². The fraction of sp³-hybridized carbons (Fsp3) is 0.211. The molecule has 0 aliphatic carbocycles. The Morgan fingerprint density at radius 1 is 1.18 bits per heavy atom. The van der Waals surface area contributed by atoms with Gasteiger partial charge in [-0.05, 0) is 31.2 Å². The lowest BCUT2D eigenvalue weighted by molar-refractivity contribution is -0.117. The SMILES string of the molecule is CCS(=O)(=O)c1ccc(O)c(NC(=O)Cn2nc(C)c3ccccc3c2=O)c1. The standard InChI is InChI=1S/C19H19N3O5S/c1-3-28(26,27)13-8-9-17(23)16(10-13)20-18(24)11-22-19(25)15-7-5-4-6-14(15)12(2)21-22/h4-10,23H,3,11H2,1-2H3,(H,20,24). The van der Waals surface area contributed by atoms with Gasteiger partial charge in [0.15, 0.2) is 9.84 Å². The van der Waals surface area contributed by atoms with Crippen molar-refractivity contribution in [3.63, 3.8) is 0 Å². The van der Waals surface area contributed by atoms with E-state index in [1.807, 2.05) is 0 Å². The van der Waals surface area contributed by atoms with Crippen LogP contribution in [-0.2, 0) is 21.2 Å². The van der Waals surface area contributed by atoms with Gasteiger partial charge in [-0.25, -0.2) is 13.1 Å². The van der Waals surface area contributed by atoms with E-state index in [-0.39, 0.29) is 28.6 Å². The Morgan fingerprint density at radius 3 is 2.54 bits per heavy atom. The molecule has 1 heterocycles. The highest BCUT2D eigenvalue weighted by molar-refractivity contribution is 7.91. The molecule has 9 heteroatoms. The normalized spacial score (nSPS) is 11.5. The third-order valence-corrected chi connectivity index (χ3v) is 6.06. The zero-order chi connectivity index (χ0) is 20.5. The molecule has 0 fully saturated rings. The molecule has 28 heavy (non-hydrogen) atoms. The van der Waals surface area contributed by atoms with Crippen molar-refractivity contribution in [2.45, 2.75) is 25.3 Å². The van der Waals surface area contributed by atoms with E-state index in [4.69, 9.17) is 0 Å². The second-order valence-electron chi connectivity index (χ2n) is 6.22. The Bertz CT molecular complexity index is 1230. The van der Waals surface area contributed by atoms with E-state index in [1.54, 1.807) is 31.2 Å². The number of nitrogens with zero attached hydrogens (tertiary/aromatic N) is 2. The van der Waals surface area contributed by atoms with Gasteiger partial charge < -0.3 is 10.4 Å². The lowest BCUT2D eigenvalue weighted by Gasteiger charge is -2.11. The van der Waals surface area contributed by atoms with Crippen LogP contribution in [0.15, 0.2) is 52.2 Å². The average Bonchev–Trinajstić information content (AvgIpc) is 2.67. The Kier molecular flexibility index (Phi) is 5.19. The smallest absolute Gasteiger partial charge is 0.275 e. The molecule has 3 rings (SSSR count). The molecule has 2 N–H and O–H groups in total. The summed E-state index contributed by atoms with van der Waals surface area (Å²) >= 11 is 0. The van der Waals surface area contributed by atoms with E-state index in [1.165, 1.54) is 25.1 Å². The number of sulfone groups is 1. The Labute approximate surface area is 161 Å². The molecule has 0 unspecified atom stereocenters. The molecule has 0 saturated heterocycles. The van der Waals surface area contributed by atoms with Gasteiger partial charge in [0.25, 0.3) is 5.56 Å². The summed E-state index contributed by atoms with van der Waals surface area (Å²) in [5.74, 6) is -1.01. The summed E-state index contributed by atoms with van der Waals surface area (Å²) in [6.07, 6.45) is 0. The zero-order valence-electron chi connectivity index (χ0n) is 15.3. The average molecular weight is 401 g/mol. The lowest BCUT2D eigenvalue weighted by atomic mass is 10.1. The van der Waals surface area contributed by atoms with Crippen molar-refractivity contribution in [2.24, 2.45) is 0 Å². The number of hydrogen-bond donors (Lipinski definition) is 2. The highest BCUT2D eigenvalue weighted by Gasteiger charge is 2.16. The van der Waals surface area contributed by atoms with Crippen molar-refractivity contribution < 1.29 is 18.3 Å². The number of anilines is 1. The predicted molar refractivity (Wildman–Crippen MR) is 105 cm³/mol. The Morgan fingerprint density at radius 2 is 1.86 bits per heavy atom. The predicted octanol–water partition coefficient (Wildman–Crippen LogP) is 1.84. The summed E-state index contributed by atoms with van der Waals surface area (Å²) in [6, 6.07) is 10.6. The maximum absolute atomic E-state index is 12.6. The first-order valence-electron chi connectivity index (χ1n) is 8.55. The lowest BCUT2D eigenvalue weighted by Crippen LogP contribution is -2.30. The number of fused-ring (bicyclic) bond motifs is 1. The second kappa shape index (κ2) is 7.43. The van der Waals surface area contributed by atoms with Gasteiger partial charge in [-0.15, -0.1) is 0 Å². The van der Waals surface area contributed by atoms with Crippen LogP contribution in [0.3, 0.4) is 0 Å². The molecule has 0 aliphatic rings. The van der Waals surface area contributed by atoms with E-state index in [0.717, 1.165) is 4.68 Å². The Hall–Kier alpha value is -3.20. The summed E-state index contributed by atoms with van der Waals surface area (Å²) in [7, 11) is -3.50. The van der Waals surface area contributed by atoms with E-state index < -0.39 is 21.3 Å². The summed E-state index contributed by atoms with van der Waals surface area (Å²) in [4.78, 5) is 24.9. The third kappa shape index (κ3) is 3.74. The summed E-state index contributed by atoms with van der Waals surface area (Å²) in [5.41, 5.74) is 0.134. The molecule has 0 spiro atoms. The molecular weight excluding hydrogens is 382 g/mol. The van der Waals surface area contributed by atoms with Crippen molar-refractivity contribution in [1.29, 1.82) is 0 Å². The molecule has 1 amide bonds. The van der Waals surface area contributed by atoms with Gasteiger partial charge >= 0.3 is 0 Å². The molecule has 146 valence electrons. The van der Waals surface area contributed by atoms with Gasteiger partial charge in [0.2, 0.25) is 5.91 Å². The maximum atomic E-state index is 12.6. The molecule has 3 aromatic rings. The molecule has 0 atom stereocenters. The van der Waals surface area contributed by atoms with Gasteiger partial charge in [0.05, 0.1) is 27.4 Å². The first kappa shape index (κ1) is 19.6. The summed E-state index contributed by atoms with van der Waals surface area (Å²) in [6.45, 7) is 2.86. The molecule has 2 aromatic carbocycles. The molecular formula is C19H19N3O5S. The quantitative estimate of drug-likeness (QED) is 0.630. The number of hydrogen-bond acceptors (Lipinski definition) is 6. The fourth-order valence-electron chi connectivity index (χ4n) is 2.81. The third-order valence-electron chi connectivity index (χ3n) is 4.33. The number of carbonyl (C=O) groups is 1. The highest BCUT2D eigenvalue weighted by Crippen LogP contribution is 2.27. The van der Waals surface area contributed by atoms with Crippen molar-refractivity contribution in [2.75, 3.05) is 11.1 Å². The zero-order valence-corrected chi connectivity index (χ0v) is 16.2. The largest absolute Gasteiger partial charge is 0.506 e. The number of phenols is 1. The fourth-order valence-corrected chi connectivity index (χ4v) is 3.72. The molecule has 8 nitrogen and oxygen atoms in total. The second-order valence-corrected chi connectivity index (χ2v) is 8.50.